The summed E-state index contributed by atoms with van der Waals surface area (Å²) in [5, 5.41) is 12.2. The van der Waals surface area contributed by atoms with Gasteiger partial charge in [-0.25, -0.2) is 0 Å². The SMILES string of the molecule is COc1ccc(CNCCO)cc1Cl.Cl. The van der Waals surface area contributed by atoms with Crippen molar-refractivity contribution in [2.24, 2.45) is 0 Å². The quantitative estimate of drug-likeness (QED) is 0.786. The highest BCUT2D eigenvalue weighted by atomic mass is 35.5. The summed E-state index contributed by atoms with van der Waals surface area (Å²) < 4.78 is 5.03. The molecule has 1 rings (SSSR count). The standard InChI is InChI=1S/C10H14ClNO2.ClH/c1-14-10-3-2-8(6-9(10)11)7-12-4-5-13;/h2-3,6,12-13H,4-5,7H2,1H3;1H. The molecule has 1 aromatic rings. The van der Waals surface area contributed by atoms with E-state index in [-0.39, 0.29) is 19.0 Å². The maximum absolute atomic E-state index is 8.57. The molecule has 0 unspecified atom stereocenters. The van der Waals surface area contributed by atoms with Crippen molar-refractivity contribution < 1.29 is 9.84 Å². The van der Waals surface area contributed by atoms with E-state index in [1.165, 1.54) is 0 Å². The molecule has 0 aromatic heterocycles. The van der Waals surface area contributed by atoms with Gasteiger partial charge in [-0.1, -0.05) is 17.7 Å². The van der Waals surface area contributed by atoms with E-state index < -0.39 is 0 Å². The van der Waals surface area contributed by atoms with Crippen molar-refractivity contribution in [1.82, 2.24) is 5.32 Å². The highest BCUT2D eigenvalue weighted by Crippen LogP contribution is 2.24. The predicted octanol–water partition coefficient (Wildman–Crippen LogP) is 1.85. The molecule has 15 heavy (non-hydrogen) atoms. The van der Waals surface area contributed by atoms with Gasteiger partial charge in [0.2, 0.25) is 0 Å². The molecule has 0 aliphatic rings. The van der Waals surface area contributed by atoms with Crippen molar-refractivity contribution in [1.29, 1.82) is 0 Å². The molecular formula is C10H15Cl2NO2. The zero-order valence-electron chi connectivity index (χ0n) is 8.50. The number of benzene rings is 1. The van der Waals surface area contributed by atoms with Crippen molar-refractivity contribution >= 4 is 24.0 Å². The minimum Gasteiger partial charge on any atom is -0.495 e. The zero-order chi connectivity index (χ0) is 10.4. The second-order valence-electron chi connectivity index (χ2n) is 2.87. The molecule has 0 saturated carbocycles. The number of hydrogen-bond donors (Lipinski definition) is 2. The molecule has 0 aliphatic carbocycles. The first-order valence-electron chi connectivity index (χ1n) is 4.42. The fraction of sp³-hybridized carbons (Fsp3) is 0.400. The van der Waals surface area contributed by atoms with E-state index in [4.69, 9.17) is 21.4 Å². The maximum atomic E-state index is 8.57. The number of methoxy groups -OCH3 is 1. The molecule has 0 atom stereocenters. The van der Waals surface area contributed by atoms with Crippen LogP contribution < -0.4 is 10.1 Å². The first-order valence-corrected chi connectivity index (χ1v) is 4.79. The van der Waals surface area contributed by atoms with Gasteiger partial charge in [0.25, 0.3) is 0 Å². The smallest absolute Gasteiger partial charge is 0.137 e. The number of halogens is 2. The Bertz CT molecular complexity index is 295. The summed E-state index contributed by atoms with van der Waals surface area (Å²) in [6.45, 7) is 1.43. The highest BCUT2D eigenvalue weighted by Gasteiger charge is 2.00. The van der Waals surface area contributed by atoms with E-state index in [0.29, 0.717) is 23.9 Å². The molecule has 0 spiro atoms. The van der Waals surface area contributed by atoms with Crippen LogP contribution in [0, 0.1) is 0 Å². The first-order chi connectivity index (χ1) is 6.77. The lowest BCUT2D eigenvalue weighted by atomic mass is 10.2. The fourth-order valence-corrected chi connectivity index (χ4v) is 1.41. The third-order valence-corrected chi connectivity index (χ3v) is 2.13. The van der Waals surface area contributed by atoms with E-state index in [9.17, 15) is 0 Å². The largest absolute Gasteiger partial charge is 0.495 e. The zero-order valence-corrected chi connectivity index (χ0v) is 10.1. The number of nitrogens with one attached hydrogen (secondary N) is 1. The number of rotatable bonds is 5. The van der Waals surface area contributed by atoms with Crippen LogP contribution in [-0.4, -0.2) is 25.4 Å². The molecule has 2 N–H and O–H groups in total. The Hall–Kier alpha value is -0.480. The van der Waals surface area contributed by atoms with Crippen LogP contribution in [0.1, 0.15) is 5.56 Å². The third kappa shape index (κ3) is 4.71. The number of hydrogen-bond acceptors (Lipinski definition) is 3. The maximum Gasteiger partial charge on any atom is 0.137 e. The van der Waals surface area contributed by atoms with Gasteiger partial charge in [0.15, 0.2) is 0 Å². The van der Waals surface area contributed by atoms with Gasteiger partial charge in [-0.15, -0.1) is 12.4 Å². The Labute approximate surface area is 101 Å². The summed E-state index contributed by atoms with van der Waals surface area (Å²) in [5.74, 6) is 0.678. The lowest BCUT2D eigenvalue weighted by molar-refractivity contribution is 0.292. The number of aliphatic hydroxyl groups is 1. The van der Waals surface area contributed by atoms with Gasteiger partial charge in [0.05, 0.1) is 18.7 Å². The monoisotopic (exact) mass is 251 g/mol. The molecule has 1 aromatic carbocycles. The topological polar surface area (TPSA) is 41.5 Å². The van der Waals surface area contributed by atoms with Crippen LogP contribution in [-0.2, 0) is 6.54 Å². The summed E-state index contributed by atoms with van der Waals surface area (Å²) in [6, 6.07) is 5.62. The molecular weight excluding hydrogens is 237 g/mol. The van der Waals surface area contributed by atoms with E-state index >= 15 is 0 Å². The molecule has 0 radical (unpaired) electrons. The van der Waals surface area contributed by atoms with Crippen LogP contribution in [0.2, 0.25) is 5.02 Å². The second-order valence-corrected chi connectivity index (χ2v) is 3.28. The molecule has 0 amide bonds. The van der Waals surface area contributed by atoms with E-state index in [1.54, 1.807) is 7.11 Å². The second kappa shape index (κ2) is 7.77. The van der Waals surface area contributed by atoms with Gasteiger partial charge in [0, 0.05) is 13.1 Å². The Morgan fingerprint density at radius 2 is 2.20 bits per heavy atom. The molecule has 3 nitrogen and oxygen atoms in total. The van der Waals surface area contributed by atoms with Crippen LogP contribution in [0.4, 0.5) is 0 Å². The van der Waals surface area contributed by atoms with Crippen LogP contribution in [0.25, 0.3) is 0 Å². The molecule has 0 fully saturated rings. The molecule has 0 bridgehead atoms. The van der Waals surface area contributed by atoms with Crippen molar-refractivity contribution in [2.75, 3.05) is 20.3 Å². The summed E-state index contributed by atoms with van der Waals surface area (Å²) in [4.78, 5) is 0. The van der Waals surface area contributed by atoms with E-state index in [0.717, 1.165) is 5.56 Å². The normalized spacial score (nSPS) is 9.53. The predicted molar refractivity (Wildman–Crippen MR) is 64.0 cm³/mol. The molecule has 5 heteroatoms. The van der Waals surface area contributed by atoms with Crippen molar-refractivity contribution in [3.8, 4) is 5.75 Å². The van der Waals surface area contributed by atoms with E-state index in [1.807, 2.05) is 18.2 Å². The van der Waals surface area contributed by atoms with E-state index in [2.05, 4.69) is 5.32 Å². The molecule has 0 saturated heterocycles. The Kier molecular flexibility index (Phi) is 7.52. The fourth-order valence-electron chi connectivity index (χ4n) is 1.13. The average molecular weight is 252 g/mol. The van der Waals surface area contributed by atoms with Crippen molar-refractivity contribution in [3.05, 3.63) is 28.8 Å². The summed E-state index contributed by atoms with van der Waals surface area (Å²) >= 11 is 5.94. The highest BCUT2D eigenvalue weighted by molar-refractivity contribution is 6.32. The van der Waals surface area contributed by atoms with Crippen molar-refractivity contribution in [2.45, 2.75) is 6.54 Å². The Balaban J connectivity index is 0.00000196. The summed E-state index contributed by atoms with van der Waals surface area (Å²) in [5.41, 5.74) is 1.07. The third-order valence-electron chi connectivity index (χ3n) is 1.83. The van der Waals surface area contributed by atoms with Gasteiger partial charge >= 0.3 is 0 Å². The summed E-state index contributed by atoms with van der Waals surface area (Å²) in [7, 11) is 1.59. The molecule has 0 heterocycles. The lowest BCUT2D eigenvalue weighted by Gasteiger charge is -2.06. The van der Waals surface area contributed by atoms with Gasteiger partial charge in [-0.05, 0) is 17.7 Å². The average Bonchev–Trinajstić information content (AvgIpc) is 2.18. The van der Waals surface area contributed by atoms with Crippen LogP contribution in [0.3, 0.4) is 0 Å². The Morgan fingerprint density at radius 1 is 1.47 bits per heavy atom. The Morgan fingerprint density at radius 3 is 2.73 bits per heavy atom. The van der Waals surface area contributed by atoms with Gasteiger partial charge in [-0.3, -0.25) is 0 Å². The number of ether oxygens (including phenoxy) is 1. The van der Waals surface area contributed by atoms with Gasteiger partial charge in [-0.2, -0.15) is 0 Å². The number of aliphatic hydroxyl groups excluding tert-OH is 1. The first kappa shape index (κ1) is 14.5. The van der Waals surface area contributed by atoms with Gasteiger partial charge in [0.1, 0.15) is 5.75 Å². The molecule has 86 valence electrons. The van der Waals surface area contributed by atoms with Gasteiger partial charge < -0.3 is 15.2 Å². The van der Waals surface area contributed by atoms with Crippen LogP contribution >= 0.6 is 24.0 Å². The minimum atomic E-state index is 0. The van der Waals surface area contributed by atoms with Crippen LogP contribution in [0.5, 0.6) is 5.75 Å². The lowest BCUT2D eigenvalue weighted by Crippen LogP contribution is -2.17. The summed E-state index contributed by atoms with van der Waals surface area (Å²) in [6.07, 6.45) is 0. The molecule has 0 aliphatic heterocycles. The van der Waals surface area contributed by atoms with Crippen molar-refractivity contribution in [3.63, 3.8) is 0 Å². The minimum absolute atomic E-state index is 0. The van der Waals surface area contributed by atoms with Crippen LogP contribution in [0.15, 0.2) is 18.2 Å².